The van der Waals surface area contributed by atoms with Gasteiger partial charge in [0.05, 0.1) is 12.0 Å². The third kappa shape index (κ3) is 15.6. The molecule has 8 amide bonds. The van der Waals surface area contributed by atoms with E-state index >= 15 is 0 Å². The van der Waals surface area contributed by atoms with Crippen LogP contribution < -0.4 is 48.7 Å². The fourth-order valence-corrected chi connectivity index (χ4v) is 8.32. The number of aromatic nitrogens is 3. The number of nitrogens with two attached hydrogens (primary N) is 2. The minimum absolute atomic E-state index is 0.0366. The Morgan fingerprint density at radius 2 is 1.41 bits per heavy atom. The number of benzene rings is 2. The second-order valence-corrected chi connectivity index (χ2v) is 17.5. The Bertz CT molecular complexity index is 2440. The summed E-state index contributed by atoms with van der Waals surface area (Å²) in [5, 5.41) is 27.4. The van der Waals surface area contributed by atoms with E-state index in [0.29, 0.717) is 30.5 Å². The molecule has 0 aliphatic carbocycles. The standard InChI is InChI=1S/C48H66N14O8/c1-4-5-16-35(57-29(3)63)43(66)56-28(2)42(65)60-39(24-32-26-52-27-55-32)45(68)61-38(22-30-13-7-6-8-14-30)44(67)58-36(18-11-20-53-48(50)51)47(70)62-21-12-19-40(62)46(69)59-37(41(49)64)23-31-25-54-34-17-10-9-15-33(31)34/h6-10,13-15,17,25-28,35-40,54H,4-5,11-12,16,18-24H2,1-3H3,(H2,49,64)(H,52,55)(H,56,66)(H,57,63)(H,58,67)(H,59,69)(H,60,65)(H,61,68)(H4,50,51,53)/t28-,35-,36-,37+,38+,39-,40+/m0/s1. The number of likely N-dealkylation sites (tertiary alicyclic amines) is 1. The van der Waals surface area contributed by atoms with E-state index in [0.717, 1.165) is 22.9 Å². The Balaban J connectivity index is 1.35. The summed E-state index contributed by atoms with van der Waals surface area (Å²) in [6, 6.07) is 8.35. The van der Waals surface area contributed by atoms with Crippen molar-refractivity contribution in [3.05, 3.63) is 90.1 Å². The molecule has 376 valence electrons. The predicted molar refractivity (Wildman–Crippen MR) is 260 cm³/mol. The van der Waals surface area contributed by atoms with Gasteiger partial charge in [-0.2, -0.15) is 0 Å². The largest absolute Gasteiger partial charge is 0.370 e. The van der Waals surface area contributed by atoms with Crippen LogP contribution in [0.5, 0.6) is 0 Å². The molecule has 1 saturated heterocycles. The number of aromatic amines is 2. The predicted octanol–water partition coefficient (Wildman–Crippen LogP) is -0.203. The number of carbonyl (C=O) groups is 8. The molecule has 7 atom stereocenters. The van der Waals surface area contributed by atoms with Crippen LogP contribution in [0.2, 0.25) is 0 Å². The second kappa shape index (κ2) is 26.1. The number of hydrogen-bond donors (Lipinski definition) is 12. The van der Waals surface area contributed by atoms with Gasteiger partial charge in [0, 0.05) is 62.6 Å². The number of para-hydroxylation sites is 1. The van der Waals surface area contributed by atoms with Crippen molar-refractivity contribution in [1.82, 2.24) is 57.1 Å². The maximum absolute atomic E-state index is 14.6. The van der Waals surface area contributed by atoms with Crippen molar-refractivity contribution >= 4 is 64.1 Å². The van der Waals surface area contributed by atoms with E-state index in [4.69, 9.17) is 16.9 Å². The van der Waals surface area contributed by atoms with Gasteiger partial charge in [-0.15, -0.1) is 0 Å². The summed E-state index contributed by atoms with van der Waals surface area (Å²) < 4.78 is 0. The lowest BCUT2D eigenvalue weighted by Crippen LogP contribution is -2.60. The number of nitrogens with one attached hydrogen (secondary N) is 10. The van der Waals surface area contributed by atoms with Crippen LogP contribution in [0.4, 0.5) is 0 Å². The Kier molecular flexibility index (Phi) is 19.8. The van der Waals surface area contributed by atoms with Gasteiger partial charge < -0.3 is 63.6 Å². The summed E-state index contributed by atoms with van der Waals surface area (Å²) in [6.07, 6.45) is 7.42. The minimum Gasteiger partial charge on any atom is -0.370 e. The number of imidazole rings is 1. The number of unbranched alkanes of at least 4 members (excludes halogenated alkanes) is 1. The van der Waals surface area contributed by atoms with Gasteiger partial charge in [-0.05, 0) is 56.2 Å². The third-order valence-corrected chi connectivity index (χ3v) is 12.0. The van der Waals surface area contributed by atoms with Crippen molar-refractivity contribution in [2.45, 2.75) is 127 Å². The SMILES string of the molecule is CCCC[C@H](NC(C)=O)C(=O)N[C@@H](C)C(=O)N[C@@H](Cc1c[nH]cn1)C(=O)N[C@H](Cc1ccccc1)C(=O)N[C@@H](CCCNC(=N)N)C(=O)N1CCC[C@@H]1C(=O)N[C@H](Cc1c[nH]c2ccccc12)C(N)=O. The zero-order valence-electron chi connectivity index (χ0n) is 39.8. The monoisotopic (exact) mass is 967 g/mol. The van der Waals surface area contributed by atoms with Gasteiger partial charge in [0.25, 0.3) is 0 Å². The van der Waals surface area contributed by atoms with Gasteiger partial charge in [0.2, 0.25) is 47.3 Å². The lowest BCUT2D eigenvalue weighted by molar-refractivity contribution is -0.142. The highest BCUT2D eigenvalue weighted by atomic mass is 16.2. The van der Waals surface area contributed by atoms with E-state index in [1.54, 1.807) is 42.7 Å². The van der Waals surface area contributed by atoms with Crippen LogP contribution in [0, 0.1) is 5.41 Å². The number of rotatable bonds is 26. The highest BCUT2D eigenvalue weighted by Crippen LogP contribution is 2.22. The molecule has 0 unspecified atom stereocenters. The number of hydrogen-bond acceptors (Lipinski definition) is 10. The van der Waals surface area contributed by atoms with Crippen molar-refractivity contribution in [1.29, 1.82) is 5.41 Å². The molecule has 4 aromatic rings. The van der Waals surface area contributed by atoms with Crippen LogP contribution in [-0.4, -0.2) is 128 Å². The Morgan fingerprint density at radius 3 is 2.09 bits per heavy atom. The molecule has 3 heterocycles. The topological polar surface area (TPSA) is 344 Å². The van der Waals surface area contributed by atoms with Crippen LogP contribution in [0.1, 0.15) is 82.5 Å². The van der Waals surface area contributed by atoms with E-state index in [-0.39, 0.29) is 57.6 Å². The van der Waals surface area contributed by atoms with E-state index in [2.05, 4.69) is 52.2 Å². The summed E-state index contributed by atoms with van der Waals surface area (Å²) in [6.45, 7) is 5.02. The molecule has 70 heavy (non-hydrogen) atoms. The molecule has 2 aromatic heterocycles. The molecule has 1 aliphatic rings. The van der Waals surface area contributed by atoms with Crippen molar-refractivity contribution in [2.75, 3.05) is 13.1 Å². The summed E-state index contributed by atoms with van der Waals surface area (Å²) >= 11 is 0. The first-order valence-electron chi connectivity index (χ1n) is 23.6. The molecular weight excluding hydrogens is 901 g/mol. The summed E-state index contributed by atoms with van der Waals surface area (Å²) in [7, 11) is 0. The van der Waals surface area contributed by atoms with E-state index < -0.39 is 89.6 Å². The zero-order valence-corrected chi connectivity index (χ0v) is 39.8. The van der Waals surface area contributed by atoms with Crippen molar-refractivity contribution in [3.8, 4) is 0 Å². The molecule has 0 radical (unpaired) electrons. The molecule has 2 aromatic carbocycles. The normalized spacial score (nSPS) is 15.8. The minimum atomic E-state index is -1.31. The van der Waals surface area contributed by atoms with Crippen molar-refractivity contribution in [2.24, 2.45) is 11.5 Å². The van der Waals surface area contributed by atoms with Gasteiger partial charge in [-0.1, -0.05) is 68.3 Å². The van der Waals surface area contributed by atoms with Gasteiger partial charge in [0.15, 0.2) is 5.96 Å². The van der Waals surface area contributed by atoms with Crippen LogP contribution >= 0.6 is 0 Å². The number of H-pyrrole nitrogens is 2. The zero-order chi connectivity index (χ0) is 50.7. The first-order valence-corrected chi connectivity index (χ1v) is 23.6. The quantitative estimate of drug-likeness (QED) is 0.0222. The number of fused-ring (bicyclic) bond motifs is 1. The molecule has 1 fully saturated rings. The first kappa shape index (κ1) is 53.2. The third-order valence-electron chi connectivity index (χ3n) is 12.0. The number of guanidine groups is 1. The number of carbonyl (C=O) groups excluding carboxylic acids is 8. The van der Waals surface area contributed by atoms with Crippen LogP contribution in [0.25, 0.3) is 10.9 Å². The van der Waals surface area contributed by atoms with Crippen molar-refractivity contribution in [3.63, 3.8) is 0 Å². The van der Waals surface area contributed by atoms with E-state index in [1.807, 2.05) is 31.2 Å². The van der Waals surface area contributed by atoms with Gasteiger partial charge >= 0.3 is 0 Å². The molecule has 5 rings (SSSR count). The summed E-state index contributed by atoms with van der Waals surface area (Å²) in [5.41, 5.74) is 14.0. The molecule has 0 saturated carbocycles. The average molecular weight is 967 g/mol. The average Bonchev–Trinajstić information content (AvgIpc) is 4.13. The molecule has 22 nitrogen and oxygen atoms in total. The highest BCUT2D eigenvalue weighted by molar-refractivity contribution is 5.98. The van der Waals surface area contributed by atoms with Crippen LogP contribution in [0.3, 0.4) is 0 Å². The summed E-state index contributed by atoms with van der Waals surface area (Å²) in [5.74, 6) is -5.44. The molecule has 14 N–H and O–H groups in total. The maximum atomic E-state index is 14.6. The van der Waals surface area contributed by atoms with Gasteiger partial charge in [-0.25, -0.2) is 4.98 Å². The number of nitrogens with zero attached hydrogens (tertiary/aromatic N) is 2. The number of primary amides is 1. The van der Waals surface area contributed by atoms with Crippen LogP contribution in [-0.2, 0) is 57.6 Å². The van der Waals surface area contributed by atoms with Gasteiger partial charge in [-0.3, -0.25) is 43.8 Å². The maximum Gasteiger partial charge on any atom is 0.245 e. The van der Waals surface area contributed by atoms with E-state index in [9.17, 15) is 38.4 Å². The van der Waals surface area contributed by atoms with E-state index in [1.165, 1.54) is 25.1 Å². The molecule has 1 aliphatic heterocycles. The van der Waals surface area contributed by atoms with Crippen molar-refractivity contribution < 1.29 is 38.4 Å². The molecule has 0 bridgehead atoms. The fraction of sp³-hybridized carbons (Fsp3) is 0.458. The second-order valence-electron chi connectivity index (χ2n) is 17.5. The number of amides is 8. The van der Waals surface area contributed by atoms with Gasteiger partial charge in [0.1, 0.15) is 42.3 Å². The molecular formula is C48H66N14O8. The highest BCUT2D eigenvalue weighted by Gasteiger charge is 2.40. The Hall–Kier alpha value is -7.78. The Labute approximate surface area is 405 Å². The lowest BCUT2D eigenvalue weighted by atomic mass is 10.0. The smallest absolute Gasteiger partial charge is 0.245 e. The molecule has 0 spiro atoms. The van der Waals surface area contributed by atoms with Crippen LogP contribution in [0.15, 0.2) is 73.3 Å². The molecule has 22 heteroatoms. The lowest BCUT2D eigenvalue weighted by Gasteiger charge is -2.31. The fourth-order valence-electron chi connectivity index (χ4n) is 8.32. The Morgan fingerprint density at radius 1 is 0.757 bits per heavy atom. The summed E-state index contributed by atoms with van der Waals surface area (Å²) in [4.78, 5) is 120. The first-order chi connectivity index (χ1) is 33.5.